The average molecular weight is 1540 g/mol. The monoisotopic (exact) mass is 1540 g/mol. The minimum atomic E-state index is 0.908. The van der Waals surface area contributed by atoms with Crippen LogP contribution in [0.4, 0.5) is 0 Å². The van der Waals surface area contributed by atoms with Crippen molar-refractivity contribution in [3.63, 3.8) is 0 Å². The molecule has 0 N–H and O–H groups in total. The Kier molecular flexibility index (Phi) is 17.0. The Morgan fingerprint density at radius 3 is 0.714 bits per heavy atom. The third kappa shape index (κ3) is 12.4. The normalized spacial score (nSPS) is 11.8. The first kappa shape index (κ1) is 65.9. The van der Waals surface area contributed by atoms with Gasteiger partial charge in [0.15, 0.2) is 0 Å². The van der Waals surface area contributed by atoms with Gasteiger partial charge in [0.25, 0.3) is 0 Å². The van der Waals surface area contributed by atoms with Gasteiger partial charge >= 0.3 is 0 Å². The van der Waals surface area contributed by atoms with E-state index in [4.69, 9.17) is 27.9 Å². The Morgan fingerprint density at radius 2 is 0.387 bits per heavy atom. The summed E-state index contributed by atoms with van der Waals surface area (Å²) in [7, 11) is 2.50. The minimum Gasteiger partial charge on any atom is -0.455 e. The maximum atomic E-state index is 6.71. The lowest BCUT2D eigenvalue weighted by atomic mass is 9.85. The zero-order chi connectivity index (χ0) is 89.3. The van der Waals surface area contributed by atoms with Crippen LogP contribution in [0, 0.1) is 0 Å². The third-order valence-corrected chi connectivity index (χ3v) is 23.6. The molecule has 0 spiro atoms. The summed E-state index contributed by atoms with van der Waals surface area (Å²) in [5.41, 5.74) is 27.2. The summed E-state index contributed by atoms with van der Waals surface area (Å²) in [4.78, 5) is 0. The second-order valence-electron chi connectivity index (χ2n) is 30.1. The molecule has 119 heavy (non-hydrogen) atoms. The number of rotatable bonds is 9. The lowest BCUT2D eigenvalue weighted by Crippen LogP contribution is -1.91. The molecule has 0 fully saturated rings. The molecule has 0 unspecified atom stereocenters. The molecule has 21 aromatic carbocycles. The lowest BCUT2D eigenvalue weighted by Gasteiger charge is -2.17. The summed E-state index contributed by atoms with van der Waals surface area (Å²) < 4.78 is 71.5. The number of benzene rings is 21. The van der Waals surface area contributed by atoms with Crippen LogP contribution in [-0.2, 0) is 0 Å². The van der Waals surface area contributed by atoms with Gasteiger partial charge in [-0.1, -0.05) is 427 Å². The lowest BCUT2D eigenvalue weighted by molar-refractivity contribution is 0.670. The molecule has 0 aliphatic rings. The van der Waals surface area contributed by atoms with Crippen molar-refractivity contribution in [2.75, 3.05) is 0 Å². The molecule has 3 aromatic heterocycles. The highest BCUT2D eigenvalue weighted by Crippen LogP contribution is 2.52. The topological polar surface area (TPSA) is 39.4 Å². The van der Waals surface area contributed by atoms with Gasteiger partial charge in [-0.3, -0.25) is 0 Å². The summed E-state index contributed by atoms with van der Waals surface area (Å²) >= 11 is 0. The van der Waals surface area contributed by atoms with Gasteiger partial charge in [0.1, 0.15) is 33.5 Å². The Hall–Kier alpha value is -15.4. The number of para-hydroxylation sites is 3. The van der Waals surface area contributed by atoms with Crippen LogP contribution in [0.1, 0.15) is 29.4 Å². The molecule has 24 aromatic rings. The van der Waals surface area contributed by atoms with Crippen molar-refractivity contribution in [2.45, 2.75) is 14.8 Å². The molecule has 0 bridgehead atoms. The second kappa shape index (κ2) is 30.7. The predicted molar refractivity (Wildman–Crippen MR) is 517 cm³/mol. The van der Waals surface area contributed by atoms with Crippen molar-refractivity contribution >= 4 is 130 Å². The number of fused-ring (bicyclic) bond motifs is 15. The van der Waals surface area contributed by atoms with Gasteiger partial charge in [0.2, 0.25) is 0 Å². The Morgan fingerprint density at radius 1 is 0.160 bits per heavy atom. The van der Waals surface area contributed by atoms with E-state index in [1.165, 1.54) is 152 Å². The number of hydrogen-bond donors (Lipinski definition) is 0. The van der Waals surface area contributed by atoms with Gasteiger partial charge in [-0.25, -0.2) is 0 Å². The molecule has 24 rings (SSSR count). The molecule has 0 saturated carbocycles. The molecule has 3 nitrogen and oxygen atoms in total. The Balaban J connectivity index is 0.000000134. The van der Waals surface area contributed by atoms with Crippen LogP contribution in [-0.4, -0.2) is 0 Å². The molecule has 570 valence electrons. The van der Waals surface area contributed by atoms with Gasteiger partial charge in [-0.2, -0.15) is 0 Å². The third-order valence-electron chi connectivity index (χ3n) is 23.6. The van der Waals surface area contributed by atoms with Crippen LogP contribution in [0.5, 0.6) is 0 Å². The van der Waals surface area contributed by atoms with E-state index in [1.54, 1.807) is 0 Å². The molecular formula is C116H88O3. The largest absolute Gasteiger partial charge is 0.455 e. The zero-order valence-electron chi connectivity index (χ0n) is 75.8. The van der Waals surface area contributed by atoms with Crippen LogP contribution in [0.2, 0.25) is 0 Å². The quantitative estimate of drug-likeness (QED) is 0.135. The summed E-state index contributed by atoms with van der Waals surface area (Å²) in [6.45, 7) is 0. The molecule has 3 heteroatoms. The van der Waals surface area contributed by atoms with E-state index in [2.05, 4.69) is 431 Å². The van der Waals surface area contributed by atoms with E-state index in [-0.39, 0.29) is 0 Å². The van der Waals surface area contributed by atoms with Crippen LogP contribution in [0.15, 0.2) is 450 Å². The molecule has 3 heterocycles. The van der Waals surface area contributed by atoms with E-state index in [0.717, 1.165) is 93.6 Å². The molecule has 0 aliphatic heterocycles. The van der Waals surface area contributed by atoms with Crippen LogP contribution < -0.4 is 0 Å². The highest BCUT2D eigenvalue weighted by Gasteiger charge is 2.26. The van der Waals surface area contributed by atoms with E-state index in [1.807, 2.05) is 6.07 Å². The van der Waals surface area contributed by atoms with Crippen molar-refractivity contribution < 1.29 is 27.9 Å². The van der Waals surface area contributed by atoms with Crippen molar-refractivity contribution in [3.8, 4) is 100 Å². The highest BCUT2D eigenvalue weighted by molar-refractivity contribution is 6.28. The smallest absolute Gasteiger partial charge is 0.143 e. The van der Waals surface area contributed by atoms with Gasteiger partial charge in [-0.05, 0) is 161 Å². The number of hydrogen-bond acceptors (Lipinski definition) is 3. The standard InChI is InChI=1S/3C38H24O.2CH4.4H2/c2*1-3-13-25(14-4-1)27-21-12-24-34-37(27)33-23-11-22-32(38(33)39-34)36-30-19-9-7-17-28(30)35(26-15-5-2-6-16-26)29-18-8-10-20-31(29)36;1-3-12-25(13-4-1)28-20-11-21-34-29-23-22-27(24-35(29)39-38(28)34)37-32-18-9-7-16-30(32)36(26-14-5-2-6-15-26)31-17-8-10-19-33(31)37;;;;;;/h3*1-24H;2*1H4;4*1H/i;;;2*1D;4*1+1D. The predicted octanol–water partition coefficient (Wildman–Crippen LogP) is 34.9. The SMILES string of the molecule is [2H]C.[2H]C.[2H][2H].[2H][2H].[2H][2H].[2H][2H].c1ccc(-c2c3ccccc3c(-c3ccc4c(c3)oc3c(-c5ccccc5)cccc34)c3ccccc23)cc1.c1ccc(-c2c3ccccc3c(-c3cccc4c3oc3cccc(-c5ccccc5)c34)c3ccccc23)cc1.c1ccc(-c2c3ccccc3c(-c3cccc4c3oc3cccc(-c5ccccc5)c34)c3ccccc23)cc1. The Labute approximate surface area is 706 Å². The summed E-state index contributed by atoms with van der Waals surface area (Å²) in [5.74, 6) is 0. The van der Waals surface area contributed by atoms with Crippen molar-refractivity contribution in [2.24, 2.45) is 0 Å². The van der Waals surface area contributed by atoms with Crippen molar-refractivity contribution in [1.29, 1.82) is 0 Å². The fraction of sp³-hybridized carbons (Fsp3) is 0.0172. The first-order valence-electron chi connectivity index (χ1n) is 46.1. The van der Waals surface area contributed by atoms with E-state index in [9.17, 15) is 0 Å². The number of furan rings is 3. The Bertz CT molecular complexity index is 7500. The molecule has 0 aliphatic carbocycles. The summed E-state index contributed by atoms with van der Waals surface area (Å²) in [6.07, 6.45) is 0. The van der Waals surface area contributed by atoms with Crippen LogP contribution >= 0.6 is 0 Å². The van der Waals surface area contributed by atoms with Gasteiger partial charge in [-0.15, -0.1) is 0 Å². The zero-order valence-corrected chi connectivity index (χ0v) is 65.8. The highest BCUT2D eigenvalue weighted by atomic mass is 16.3. The maximum absolute atomic E-state index is 6.71. The summed E-state index contributed by atoms with van der Waals surface area (Å²) in [5, 5.41) is 21.8. The fourth-order valence-electron chi connectivity index (χ4n) is 18.6. The molecular weight excluding hydrogens is 1440 g/mol. The second-order valence-corrected chi connectivity index (χ2v) is 30.1. The van der Waals surface area contributed by atoms with E-state index < -0.39 is 0 Å². The van der Waals surface area contributed by atoms with Gasteiger partial charge < -0.3 is 13.3 Å². The van der Waals surface area contributed by atoms with Crippen LogP contribution in [0.25, 0.3) is 231 Å². The fourth-order valence-corrected chi connectivity index (χ4v) is 18.6. The average Bonchev–Trinajstić information content (AvgIpc) is 1.44. The van der Waals surface area contributed by atoms with Crippen LogP contribution in [0.3, 0.4) is 0 Å². The minimum absolute atomic E-state index is 0.908. The molecule has 0 radical (unpaired) electrons. The van der Waals surface area contributed by atoms with E-state index in [0.29, 0.717) is 0 Å². The molecule has 0 saturated heterocycles. The van der Waals surface area contributed by atoms with Crippen molar-refractivity contribution in [3.05, 3.63) is 437 Å². The van der Waals surface area contributed by atoms with Crippen molar-refractivity contribution in [1.82, 2.24) is 0 Å². The molecule has 0 amide bonds. The summed E-state index contributed by atoms with van der Waals surface area (Å²) in [6, 6.07) is 155. The maximum Gasteiger partial charge on any atom is 0.143 e. The molecule has 0 atom stereocenters. The van der Waals surface area contributed by atoms with Gasteiger partial charge in [0, 0.05) is 74.8 Å². The first-order chi connectivity index (χ1) is 64.1. The van der Waals surface area contributed by atoms with E-state index >= 15 is 0 Å². The van der Waals surface area contributed by atoms with Gasteiger partial charge in [0.05, 0.1) is 0 Å². The first-order valence-corrected chi connectivity index (χ1v) is 40.1.